The number of hydrogen-bond acceptors (Lipinski definition) is 4. The summed E-state index contributed by atoms with van der Waals surface area (Å²) in [6.07, 6.45) is 0. The minimum absolute atomic E-state index is 0.282. The Bertz CT molecular complexity index is 642. The van der Waals surface area contributed by atoms with Crippen molar-refractivity contribution in [3.63, 3.8) is 0 Å². The maximum absolute atomic E-state index is 11.8. The third-order valence-corrected chi connectivity index (χ3v) is 2.88. The first kappa shape index (κ1) is 15.7. The number of carbonyl (C=O) groups is 2. The first-order valence-electron chi connectivity index (χ1n) is 6.63. The minimum atomic E-state index is -2.54. The van der Waals surface area contributed by atoms with Gasteiger partial charge in [0.2, 0.25) is 0 Å². The Balaban J connectivity index is 1.91. The van der Waals surface area contributed by atoms with E-state index in [9.17, 15) is 19.8 Å². The second kappa shape index (κ2) is 6.84. The van der Waals surface area contributed by atoms with Gasteiger partial charge in [-0.25, -0.2) is 0 Å². The van der Waals surface area contributed by atoms with Crippen molar-refractivity contribution >= 4 is 11.8 Å². The normalized spacial score (nSPS) is 10.8. The van der Waals surface area contributed by atoms with Crippen LogP contribution in [0.5, 0.6) is 0 Å². The van der Waals surface area contributed by atoms with Gasteiger partial charge >= 0.3 is 0 Å². The van der Waals surface area contributed by atoms with Crippen LogP contribution in [0.1, 0.15) is 20.7 Å². The van der Waals surface area contributed by atoms with Crippen LogP contribution in [-0.2, 0) is 0 Å². The highest BCUT2D eigenvalue weighted by atomic mass is 16.5. The van der Waals surface area contributed by atoms with Crippen molar-refractivity contribution in [2.24, 2.45) is 0 Å². The highest BCUT2D eigenvalue weighted by Crippen LogP contribution is 2.02. The Morgan fingerprint density at radius 3 is 1.77 bits per heavy atom. The molecule has 4 N–H and O–H groups in total. The average molecular weight is 300 g/mol. The van der Waals surface area contributed by atoms with Crippen LogP contribution in [0.15, 0.2) is 60.7 Å². The van der Waals surface area contributed by atoms with E-state index in [0.29, 0.717) is 5.56 Å². The molecule has 0 saturated carbocycles. The lowest BCUT2D eigenvalue weighted by Crippen LogP contribution is -2.55. The van der Waals surface area contributed by atoms with Crippen LogP contribution in [0.4, 0.5) is 0 Å². The van der Waals surface area contributed by atoms with E-state index in [1.165, 1.54) is 12.1 Å². The van der Waals surface area contributed by atoms with Gasteiger partial charge < -0.3 is 15.5 Å². The minimum Gasteiger partial charge on any atom is -0.347 e. The second-order valence-electron chi connectivity index (χ2n) is 4.69. The van der Waals surface area contributed by atoms with Crippen LogP contribution in [0.3, 0.4) is 0 Å². The van der Waals surface area contributed by atoms with Gasteiger partial charge in [-0.1, -0.05) is 36.4 Å². The highest BCUT2D eigenvalue weighted by Gasteiger charge is 2.27. The Morgan fingerprint density at radius 1 is 0.818 bits per heavy atom. The number of amides is 2. The molecule has 2 amide bonds. The van der Waals surface area contributed by atoms with Gasteiger partial charge in [0.15, 0.2) is 0 Å². The summed E-state index contributed by atoms with van der Waals surface area (Å²) in [5.74, 6) is -3.67. The summed E-state index contributed by atoms with van der Waals surface area (Å²) in [6, 6.07) is 16.4. The fourth-order valence-electron chi connectivity index (χ4n) is 1.78. The summed E-state index contributed by atoms with van der Waals surface area (Å²) in [6.45, 7) is -0.542. The van der Waals surface area contributed by atoms with Gasteiger partial charge in [-0.15, -0.1) is 0 Å². The number of nitrogens with one attached hydrogen (secondary N) is 2. The van der Waals surface area contributed by atoms with E-state index in [1.54, 1.807) is 48.5 Å². The predicted molar refractivity (Wildman–Crippen MR) is 79.9 cm³/mol. The third-order valence-electron chi connectivity index (χ3n) is 2.88. The summed E-state index contributed by atoms with van der Waals surface area (Å²) < 4.78 is 0. The number of benzene rings is 2. The lowest BCUT2D eigenvalue weighted by atomic mass is 10.2. The fraction of sp³-hybridized carbons (Fsp3) is 0.125. The summed E-state index contributed by atoms with van der Waals surface area (Å²) >= 11 is 0. The standard InChI is InChI=1S/C16H16N2O4/c19-14(12-7-3-1-4-8-12)17-11-16(21,22)18-15(20)13-9-5-2-6-10-13/h1-10,21-22H,11H2,(H,17,19)(H,18,20). The first-order valence-corrected chi connectivity index (χ1v) is 6.63. The molecule has 2 aromatic rings. The van der Waals surface area contributed by atoms with E-state index in [1.807, 2.05) is 5.32 Å². The van der Waals surface area contributed by atoms with Crippen LogP contribution in [0.2, 0.25) is 0 Å². The molecule has 0 spiro atoms. The zero-order valence-corrected chi connectivity index (χ0v) is 11.7. The SMILES string of the molecule is O=C(NCC(O)(O)NC(=O)c1ccccc1)c1ccccc1. The number of carbonyl (C=O) groups excluding carboxylic acids is 2. The van der Waals surface area contributed by atoms with Crippen LogP contribution in [-0.4, -0.2) is 34.5 Å². The van der Waals surface area contributed by atoms with Crippen molar-refractivity contribution in [1.82, 2.24) is 10.6 Å². The molecular weight excluding hydrogens is 284 g/mol. The molecule has 0 aliphatic rings. The molecule has 0 radical (unpaired) electrons. The van der Waals surface area contributed by atoms with Gasteiger partial charge in [0.1, 0.15) is 0 Å². The molecule has 0 aliphatic heterocycles. The largest absolute Gasteiger partial charge is 0.347 e. The Kier molecular flexibility index (Phi) is 4.88. The summed E-state index contributed by atoms with van der Waals surface area (Å²) in [7, 11) is 0. The number of aliphatic hydroxyl groups is 2. The third kappa shape index (κ3) is 4.41. The van der Waals surface area contributed by atoms with E-state index >= 15 is 0 Å². The Labute approximate surface area is 127 Å². The Hall–Kier alpha value is -2.70. The zero-order chi connectivity index (χ0) is 16.0. The van der Waals surface area contributed by atoms with Crippen molar-refractivity contribution in [3.05, 3.63) is 71.8 Å². The lowest BCUT2D eigenvalue weighted by molar-refractivity contribution is -0.170. The smallest absolute Gasteiger partial charge is 0.265 e. The second-order valence-corrected chi connectivity index (χ2v) is 4.69. The van der Waals surface area contributed by atoms with Crippen LogP contribution in [0, 0.1) is 0 Å². The van der Waals surface area contributed by atoms with E-state index in [0.717, 1.165) is 0 Å². The highest BCUT2D eigenvalue weighted by molar-refractivity contribution is 5.95. The van der Waals surface area contributed by atoms with Gasteiger partial charge in [0.25, 0.3) is 17.7 Å². The van der Waals surface area contributed by atoms with Crippen molar-refractivity contribution in [1.29, 1.82) is 0 Å². The molecule has 6 heteroatoms. The molecular formula is C16H16N2O4. The van der Waals surface area contributed by atoms with Crippen LogP contribution < -0.4 is 10.6 Å². The molecule has 0 saturated heterocycles. The predicted octanol–water partition coefficient (Wildman–Crippen LogP) is 0.485. The molecule has 0 aromatic heterocycles. The molecule has 114 valence electrons. The van der Waals surface area contributed by atoms with E-state index in [-0.39, 0.29) is 5.56 Å². The maximum Gasteiger partial charge on any atom is 0.265 e. The van der Waals surface area contributed by atoms with Crippen molar-refractivity contribution in [2.45, 2.75) is 5.91 Å². The maximum atomic E-state index is 11.8. The van der Waals surface area contributed by atoms with E-state index in [4.69, 9.17) is 0 Å². The average Bonchev–Trinajstić information content (AvgIpc) is 2.54. The molecule has 0 atom stereocenters. The van der Waals surface area contributed by atoms with Crippen LogP contribution in [0.25, 0.3) is 0 Å². The van der Waals surface area contributed by atoms with E-state index in [2.05, 4.69) is 5.32 Å². The molecule has 0 aliphatic carbocycles. The zero-order valence-electron chi connectivity index (χ0n) is 11.7. The lowest BCUT2D eigenvalue weighted by Gasteiger charge is -2.23. The molecule has 2 aromatic carbocycles. The molecule has 0 heterocycles. The molecule has 2 rings (SSSR count). The van der Waals surface area contributed by atoms with Gasteiger partial charge in [-0.2, -0.15) is 0 Å². The topological polar surface area (TPSA) is 98.7 Å². The van der Waals surface area contributed by atoms with Gasteiger partial charge in [-0.05, 0) is 24.3 Å². The Morgan fingerprint density at radius 2 is 1.27 bits per heavy atom. The van der Waals surface area contributed by atoms with Gasteiger partial charge in [-0.3, -0.25) is 14.9 Å². The summed E-state index contributed by atoms with van der Waals surface area (Å²) in [4.78, 5) is 23.6. The van der Waals surface area contributed by atoms with E-state index < -0.39 is 24.3 Å². The van der Waals surface area contributed by atoms with Crippen molar-refractivity contribution in [3.8, 4) is 0 Å². The van der Waals surface area contributed by atoms with Crippen LogP contribution >= 0.6 is 0 Å². The first-order chi connectivity index (χ1) is 10.5. The number of hydrogen-bond donors (Lipinski definition) is 4. The monoisotopic (exact) mass is 300 g/mol. The quantitative estimate of drug-likeness (QED) is 0.604. The summed E-state index contributed by atoms with van der Waals surface area (Å²) in [5.41, 5.74) is 0.664. The summed E-state index contributed by atoms with van der Waals surface area (Å²) in [5, 5.41) is 23.9. The number of rotatable bonds is 5. The molecule has 0 fully saturated rings. The molecule has 0 bridgehead atoms. The van der Waals surface area contributed by atoms with Crippen molar-refractivity contribution < 1.29 is 19.8 Å². The van der Waals surface area contributed by atoms with Crippen molar-refractivity contribution in [2.75, 3.05) is 6.54 Å². The fourth-order valence-corrected chi connectivity index (χ4v) is 1.78. The molecule has 6 nitrogen and oxygen atoms in total. The van der Waals surface area contributed by atoms with Gasteiger partial charge in [0.05, 0.1) is 6.54 Å². The van der Waals surface area contributed by atoms with Gasteiger partial charge in [0, 0.05) is 11.1 Å². The molecule has 22 heavy (non-hydrogen) atoms. The molecule has 0 unspecified atom stereocenters.